The second kappa shape index (κ2) is 4.75. The van der Waals surface area contributed by atoms with Crippen molar-refractivity contribution in [3.05, 3.63) is 41.9 Å². The molecule has 17 heavy (non-hydrogen) atoms. The molecule has 0 saturated heterocycles. The molecular formula is C11H13N5O. The summed E-state index contributed by atoms with van der Waals surface area (Å²) in [5, 5.41) is 4.06. The molecule has 1 amide bonds. The lowest BCUT2D eigenvalue weighted by Crippen LogP contribution is -2.13. The topological polar surface area (TPSA) is 99.8 Å². The van der Waals surface area contributed by atoms with Crippen molar-refractivity contribution in [3.8, 4) is 5.82 Å². The molecule has 0 saturated carbocycles. The Morgan fingerprint density at radius 2 is 2.24 bits per heavy atom. The van der Waals surface area contributed by atoms with Crippen LogP contribution in [0.25, 0.3) is 5.82 Å². The third kappa shape index (κ3) is 2.31. The number of nitrogens with zero attached hydrogens (tertiary/aromatic N) is 3. The van der Waals surface area contributed by atoms with Gasteiger partial charge in [0.25, 0.3) is 5.91 Å². The van der Waals surface area contributed by atoms with Gasteiger partial charge in [-0.15, -0.1) is 0 Å². The fourth-order valence-corrected chi connectivity index (χ4v) is 1.56. The van der Waals surface area contributed by atoms with Gasteiger partial charge in [-0.2, -0.15) is 5.10 Å². The number of hydrogen-bond donors (Lipinski definition) is 2. The summed E-state index contributed by atoms with van der Waals surface area (Å²) >= 11 is 0. The minimum Gasteiger partial charge on any atom is -0.364 e. The Hall–Kier alpha value is -2.21. The van der Waals surface area contributed by atoms with E-state index in [1.165, 1.54) is 4.68 Å². The smallest absolute Gasteiger partial charge is 0.269 e. The second-order valence-corrected chi connectivity index (χ2v) is 3.53. The molecule has 0 unspecified atom stereocenters. The Bertz CT molecular complexity index is 534. The average Bonchev–Trinajstić information content (AvgIpc) is 2.79. The van der Waals surface area contributed by atoms with Gasteiger partial charge >= 0.3 is 0 Å². The van der Waals surface area contributed by atoms with E-state index in [1.807, 2.05) is 12.1 Å². The summed E-state index contributed by atoms with van der Waals surface area (Å²) in [5.74, 6) is 0.116. The van der Waals surface area contributed by atoms with E-state index >= 15 is 0 Å². The van der Waals surface area contributed by atoms with Crippen molar-refractivity contribution in [2.75, 3.05) is 6.54 Å². The van der Waals surface area contributed by atoms with Crippen LogP contribution in [0.4, 0.5) is 0 Å². The Labute approximate surface area is 98.3 Å². The lowest BCUT2D eigenvalue weighted by molar-refractivity contribution is 0.0995. The standard InChI is InChI=1S/C11H13N5O/c12-5-3-8-2-1-6-14-11(8)16-7-4-9(15-16)10(13)17/h1-2,4,6-7H,3,5,12H2,(H2,13,17). The van der Waals surface area contributed by atoms with Gasteiger partial charge in [-0.3, -0.25) is 4.79 Å². The second-order valence-electron chi connectivity index (χ2n) is 3.53. The van der Waals surface area contributed by atoms with E-state index in [4.69, 9.17) is 11.5 Å². The van der Waals surface area contributed by atoms with Gasteiger partial charge in [0.15, 0.2) is 5.82 Å². The van der Waals surface area contributed by atoms with Gasteiger partial charge in [0, 0.05) is 12.4 Å². The normalized spacial score (nSPS) is 10.4. The average molecular weight is 231 g/mol. The number of primary amides is 1. The molecule has 2 heterocycles. The summed E-state index contributed by atoms with van der Waals surface area (Å²) in [7, 11) is 0. The van der Waals surface area contributed by atoms with E-state index in [1.54, 1.807) is 18.5 Å². The zero-order valence-corrected chi connectivity index (χ0v) is 9.21. The van der Waals surface area contributed by atoms with Crippen LogP contribution >= 0.6 is 0 Å². The Balaban J connectivity index is 2.41. The lowest BCUT2D eigenvalue weighted by Gasteiger charge is -2.06. The first kappa shape index (κ1) is 11.3. The summed E-state index contributed by atoms with van der Waals surface area (Å²) in [5.41, 5.74) is 11.9. The van der Waals surface area contributed by atoms with Gasteiger partial charge < -0.3 is 11.5 Å². The molecule has 6 heteroatoms. The third-order valence-electron chi connectivity index (χ3n) is 2.34. The summed E-state index contributed by atoms with van der Waals surface area (Å²) < 4.78 is 1.53. The molecular weight excluding hydrogens is 218 g/mol. The van der Waals surface area contributed by atoms with Crippen LogP contribution in [0.2, 0.25) is 0 Å². The first-order valence-corrected chi connectivity index (χ1v) is 5.22. The molecule has 0 aliphatic carbocycles. The molecule has 0 fully saturated rings. The maximum atomic E-state index is 11.0. The van der Waals surface area contributed by atoms with Crippen molar-refractivity contribution in [2.45, 2.75) is 6.42 Å². The summed E-state index contributed by atoms with van der Waals surface area (Å²) in [4.78, 5) is 15.2. The number of carbonyl (C=O) groups excluding carboxylic acids is 1. The quantitative estimate of drug-likeness (QED) is 0.765. The molecule has 0 atom stereocenters. The Kier molecular flexibility index (Phi) is 3.15. The zero-order chi connectivity index (χ0) is 12.3. The van der Waals surface area contributed by atoms with Crippen molar-refractivity contribution in [1.29, 1.82) is 0 Å². The number of pyridine rings is 1. The SMILES string of the molecule is NCCc1cccnc1-n1ccc(C(N)=O)n1. The number of amides is 1. The number of rotatable bonds is 4. The highest BCUT2D eigenvalue weighted by molar-refractivity contribution is 5.90. The van der Waals surface area contributed by atoms with E-state index in [9.17, 15) is 4.79 Å². The maximum Gasteiger partial charge on any atom is 0.269 e. The largest absolute Gasteiger partial charge is 0.364 e. The molecule has 0 aromatic carbocycles. The fraction of sp³-hybridized carbons (Fsp3) is 0.182. The van der Waals surface area contributed by atoms with Crippen LogP contribution in [-0.2, 0) is 6.42 Å². The number of nitrogens with two attached hydrogens (primary N) is 2. The number of aromatic nitrogens is 3. The van der Waals surface area contributed by atoms with Gasteiger partial charge in [0.05, 0.1) is 0 Å². The highest BCUT2D eigenvalue weighted by Gasteiger charge is 2.09. The van der Waals surface area contributed by atoms with E-state index < -0.39 is 5.91 Å². The van der Waals surface area contributed by atoms with Crippen molar-refractivity contribution >= 4 is 5.91 Å². The predicted octanol–water partition coefficient (Wildman–Crippen LogP) is -0.133. The van der Waals surface area contributed by atoms with Crippen molar-refractivity contribution in [2.24, 2.45) is 11.5 Å². The molecule has 2 rings (SSSR count). The van der Waals surface area contributed by atoms with Crippen LogP contribution < -0.4 is 11.5 Å². The van der Waals surface area contributed by atoms with Crippen molar-refractivity contribution in [1.82, 2.24) is 14.8 Å². The van der Waals surface area contributed by atoms with Crippen LogP contribution in [0.15, 0.2) is 30.6 Å². The summed E-state index contributed by atoms with van der Waals surface area (Å²) in [6.45, 7) is 0.530. The molecule has 88 valence electrons. The Morgan fingerprint density at radius 3 is 2.88 bits per heavy atom. The van der Waals surface area contributed by atoms with Crippen LogP contribution in [0.1, 0.15) is 16.1 Å². The van der Waals surface area contributed by atoms with Gasteiger partial charge in [-0.05, 0) is 30.7 Å². The highest BCUT2D eigenvalue weighted by Crippen LogP contribution is 2.11. The van der Waals surface area contributed by atoms with Crippen LogP contribution in [0.3, 0.4) is 0 Å². The monoisotopic (exact) mass is 231 g/mol. The van der Waals surface area contributed by atoms with Gasteiger partial charge in [-0.1, -0.05) is 6.07 Å². The molecule has 6 nitrogen and oxygen atoms in total. The zero-order valence-electron chi connectivity index (χ0n) is 9.21. The predicted molar refractivity (Wildman–Crippen MR) is 62.6 cm³/mol. The van der Waals surface area contributed by atoms with Crippen LogP contribution in [-0.4, -0.2) is 27.2 Å². The molecule has 2 aromatic heterocycles. The lowest BCUT2D eigenvalue weighted by atomic mass is 10.2. The van der Waals surface area contributed by atoms with E-state index in [0.717, 1.165) is 5.56 Å². The van der Waals surface area contributed by atoms with Gasteiger partial charge in [-0.25, -0.2) is 9.67 Å². The summed E-state index contributed by atoms with van der Waals surface area (Å²) in [6.07, 6.45) is 4.03. The first-order valence-electron chi connectivity index (χ1n) is 5.22. The molecule has 0 aliphatic rings. The van der Waals surface area contributed by atoms with Crippen LogP contribution in [0.5, 0.6) is 0 Å². The molecule has 4 N–H and O–H groups in total. The molecule has 0 spiro atoms. The fourth-order valence-electron chi connectivity index (χ4n) is 1.56. The van der Waals surface area contributed by atoms with E-state index in [-0.39, 0.29) is 5.69 Å². The van der Waals surface area contributed by atoms with E-state index in [0.29, 0.717) is 18.8 Å². The first-order chi connectivity index (χ1) is 8.22. The van der Waals surface area contributed by atoms with Crippen LogP contribution in [0, 0.1) is 0 Å². The third-order valence-corrected chi connectivity index (χ3v) is 2.34. The number of hydrogen-bond acceptors (Lipinski definition) is 4. The Morgan fingerprint density at radius 1 is 1.41 bits per heavy atom. The maximum absolute atomic E-state index is 11.0. The van der Waals surface area contributed by atoms with Gasteiger partial charge in [0.2, 0.25) is 0 Å². The molecule has 2 aromatic rings. The minimum absolute atomic E-state index is 0.217. The number of carbonyl (C=O) groups is 1. The minimum atomic E-state index is -0.556. The molecule has 0 bridgehead atoms. The molecule has 0 radical (unpaired) electrons. The summed E-state index contributed by atoms with van der Waals surface area (Å²) in [6, 6.07) is 5.33. The van der Waals surface area contributed by atoms with Gasteiger partial charge in [0.1, 0.15) is 5.69 Å². The van der Waals surface area contributed by atoms with Crippen molar-refractivity contribution in [3.63, 3.8) is 0 Å². The van der Waals surface area contributed by atoms with E-state index in [2.05, 4.69) is 10.1 Å². The van der Waals surface area contributed by atoms with Crippen molar-refractivity contribution < 1.29 is 4.79 Å². The highest BCUT2D eigenvalue weighted by atomic mass is 16.1. The molecule has 0 aliphatic heterocycles.